The van der Waals surface area contributed by atoms with Gasteiger partial charge in [-0.15, -0.1) is 0 Å². The summed E-state index contributed by atoms with van der Waals surface area (Å²) in [5, 5.41) is 15.2. The molecule has 29 heavy (non-hydrogen) atoms. The van der Waals surface area contributed by atoms with Gasteiger partial charge in [0.1, 0.15) is 11.4 Å². The van der Waals surface area contributed by atoms with Crippen molar-refractivity contribution in [2.24, 2.45) is 0 Å². The molecular weight excluding hydrogens is 375 g/mol. The Labute approximate surface area is 163 Å². The van der Waals surface area contributed by atoms with E-state index >= 15 is 0 Å². The van der Waals surface area contributed by atoms with Gasteiger partial charge in [-0.25, -0.2) is 13.8 Å². The van der Waals surface area contributed by atoms with Crippen LogP contribution in [0.15, 0.2) is 58.1 Å². The molecule has 0 bridgehead atoms. The van der Waals surface area contributed by atoms with Crippen LogP contribution in [-0.2, 0) is 6.42 Å². The number of nitrogens with one attached hydrogen (secondary N) is 3. The van der Waals surface area contributed by atoms with E-state index in [1.165, 1.54) is 24.3 Å². The first-order valence-corrected chi connectivity index (χ1v) is 9.21. The second-order valence-corrected chi connectivity index (χ2v) is 7.01. The predicted octanol–water partition coefficient (Wildman–Crippen LogP) is 2.09. The number of nitrogens with zero attached hydrogens (tertiary/aromatic N) is 1. The molecule has 4 aromatic rings. The summed E-state index contributed by atoms with van der Waals surface area (Å²) in [5.74, 6) is -0.947. The average Bonchev–Trinajstić information content (AvgIpc) is 3.09. The maximum atomic E-state index is 13.3. The van der Waals surface area contributed by atoms with Gasteiger partial charge < -0.3 is 15.4 Å². The van der Waals surface area contributed by atoms with E-state index in [2.05, 4.69) is 15.3 Å². The Morgan fingerprint density at radius 3 is 2.59 bits per heavy atom. The Morgan fingerprint density at radius 2 is 1.79 bits per heavy atom. The number of fused-ring (bicyclic) bond motifs is 3. The largest absolute Gasteiger partial charge is 0.494 e. The minimum Gasteiger partial charge on any atom is -0.494 e. The van der Waals surface area contributed by atoms with Crippen LogP contribution in [0, 0.1) is 5.82 Å². The minimum atomic E-state index is -0.796. The molecule has 2 aromatic carbocycles. The zero-order valence-electron chi connectivity index (χ0n) is 15.2. The molecule has 2 aromatic heterocycles. The van der Waals surface area contributed by atoms with Gasteiger partial charge in [-0.05, 0) is 42.3 Å². The molecule has 0 unspecified atom stereocenters. The van der Waals surface area contributed by atoms with Crippen molar-refractivity contribution in [1.29, 1.82) is 0 Å². The summed E-state index contributed by atoms with van der Waals surface area (Å²) in [7, 11) is 0. The summed E-state index contributed by atoms with van der Waals surface area (Å²) in [4.78, 5) is 30.7. The highest BCUT2D eigenvalue weighted by molar-refractivity contribution is 5.85. The summed E-state index contributed by atoms with van der Waals surface area (Å²) >= 11 is 0. The number of aromatic amines is 2. The highest BCUT2D eigenvalue weighted by Gasteiger charge is 2.31. The normalized spacial score (nSPS) is 16.1. The standard InChI is InChI=1S/C21H17FN4O3/c22-11-5-7-12(8-6-11)26-20(28)16(19(27)25-21(26)29)18-17-14(9-10-23-18)13-3-1-2-4-15(13)24-17/h1-8,18,23-24,28H,9-10H2,(H,25,27,29)/t18-/m0/s1. The van der Waals surface area contributed by atoms with E-state index < -0.39 is 29.0 Å². The van der Waals surface area contributed by atoms with E-state index in [4.69, 9.17) is 0 Å². The molecule has 1 atom stereocenters. The molecule has 7 nitrogen and oxygen atoms in total. The fourth-order valence-electron chi connectivity index (χ4n) is 4.06. The van der Waals surface area contributed by atoms with Crippen molar-refractivity contribution in [2.45, 2.75) is 12.5 Å². The van der Waals surface area contributed by atoms with Crippen molar-refractivity contribution >= 4 is 10.9 Å². The van der Waals surface area contributed by atoms with E-state index in [1.807, 2.05) is 24.3 Å². The third-order valence-electron chi connectivity index (χ3n) is 5.35. The number of benzene rings is 2. The van der Waals surface area contributed by atoms with E-state index in [1.54, 1.807) is 0 Å². The summed E-state index contributed by atoms with van der Waals surface area (Å²) in [6.45, 7) is 0.605. The van der Waals surface area contributed by atoms with Crippen LogP contribution in [-0.4, -0.2) is 26.2 Å². The van der Waals surface area contributed by atoms with Gasteiger partial charge in [-0.2, -0.15) is 0 Å². The smallest absolute Gasteiger partial charge is 0.335 e. The fourth-order valence-corrected chi connectivity index (χ4v) is 4.06. The molecule has 0 amide bonds. The Morgan fingerprint density at radius 1 is 1.03 bits per heavy atom. The van der Waals surface area contributed by atoms with Crippen LogP contribution in [0.3, 0.4) is 0 Å². The Bertz CT molecular complexity index is 1350. The van der Waals surface area contributed by atoms with Crippen molar-refractivity contribution in [3.8, 4) is 11.6 Å². The van der Waals surface area contributed by atoms with Gasteiger partial charge in [0.25, 0.3) is 5.56 Å². The maximum Gasteiger partial charge on any atom is 0.335 e. The third-order valence-corrected chi connectivity index (χ3v) is 5.35. The second kappa shape index (κ2) is 6.46. The lowest BCUT2D eigenvalue weighted by Gasteiger charge is -2.25. The first-order valence-electron chi connectivity index (χ1n) is 9.21. The number of para-hydroxylation sites is 1. The molecule has 3 heterocycles. The maximum absolute atomic E-state index is 13.3. The molecule has 4 N–H and O–H groups in total. The number of aromatic nitrogens is 3. The average molecular weight is 392 g/mol. The zero-order valence-corrected chi connectivity index (χ0v) is 15.2. The first-order chi connectivity index (χ1) is 14.0. The van der Waals surface area contributed by atoms with Crippen LogP contribution in [0.25, 0.3) is 16.6 Å². The lowest BCUT2D eigenvalue weighted by Crippen LogP contribution is -2.38. The van der Waals surface area contributed by atoms with Crippen LogP contribution < -0.4 is 16.6 Å². The summed E-state index contributed by atoms with van der Waals surface area (Å²) in [6.07, 6.45) is 0.770. The Hall–Kier alpha value is -3.65. The molecule has 0 saturated carbocycles. The molecule has 0 aliphatic carbocycles. The Balaban J connectivity index is 1.74. The number of H-pyrrole nitrogens is 2. The number of hydrogen-bond donors (Lipinski definition) is 4. The molecule has 0 fully saturated rings. The lowest BCUT2D eigenvalue weighted by molar-refractivity contribution is 0.409. The molecule has 8 heteroatoms. The lowest BCUT2D eigenvalue weighted by atomic mass is 9.95. The minimum absolute atomic E-state index is 0.0291. The van der Waals surface area contributed by atoms with Crippen LogP contribution >= 0.6 is 0 Å². The number of halogens is 1. The van der Waals surface area contributed by atoms with Crippen molar-refractivity contribution in [3.63, 3.8) is 0 Å². The number of hydrogen-bond acceptors (Lipinski definition) is 4. The number of aromatic hydroxyl groups is 1. The van der Waals surface area contributed by atoms with Crippen LogP contribution in [0.2, 0.25) is 0 Å². The quantitative estimate of drug-likeness (QED) is 0.419. The van der Waals surface area contributed by atoms with Crippen LogP contribution in [0.4, 0.5) is 4.39 Å². The topological polar surface area (TPSA) is 103 Å². The SMILES string of the molecule is O=c1[nH]c(=O)n(-c2ccc(F)cc2)c(O)c1[C@@H]1NCCc2c1[nH]c1ccccc21. The highest BCUT2D eigenvalue weighted by atomic mass is 19.1. The second-order valence-electron chi connectivity index (χ2n) is 7.01. The molecule has 1 aliphatic heterocycles. The summed E-state index contributed by atoms with van der Waals surface area (Å²) in [5.41, 5.74) is 1.60. The monoisotopic (exact) mass is 392 g/mol. The first kappa shape index (κ1) is 17.4. The van der Waals surface area contributed by atoms with E-state index in [0.717, 1.165) is 33.1 Å². The highest BCUT2D eigenvalue weighted by Crippen LogP contribution is 2.35. The van der Waals surface area contributed by atoms with Gasteiger partial charge in [0.05, 0.1) is 11.7 Å². The molecule has 0 saturated heterocycles. The van der Waals surface area contributed by atoms with Gasteiger partial charge in [0, 0.05) is 23.1 Å². The summed E-state index contributed by atoms with van der Waals surface area (Å²) < 4.78 is 14.2. The molecule has 146 valence electrons. The third kappa shape index (κ3) is 2.68. The molecule has 1 aliphatic rings. The van der Waals surface area contributed by atoms with Gasteiger partial charge >= 0.3 is 5.69 Å². The number of rotatable bonds is 2. The molecular formula is C21H17FN4O3. The van der Waals surface area contributed by atoms with Crippen molar-refractivity contribution in [2.75, 3.05) is 6.54 Å². The molecule has 0 radical (unpaired) electrons. The summed E-state index contributed by atoms with van der Waals surface area (Å²) in [6, 6.07) is 12.3. The van der Waals surface area contributed by atoms with Gasteiger partial charge in [0.2, 0.25) is 5.88 Å². The molecule has 0 spiro atoms. The van der Waals surface area contributed by atoms with Gasteiger partial charge in [0.15, 0.2) is 0 Å². The zero-order chi connectivity index (χ0) is 20.1. The van der Waals surface area contributed by atoms with Crippen molar-refractivity contribution < 1.29 is 9.50 Å². The Kier molecular flexibility index (Phi) is 3.88. The van der Waals surface area contributed by atoms with E-state index in [9.17, 15) is 19.1 Å². The van der Waals surface area contributed by atoms with Gasteiger partial charge in [-0.1, -0.05) is 18.2 Å². The van der Waals surface area contributed by atoms with E-state index in [-0.39, 0.29) is 11.3 Å². The van der Waals surface area contributed by atoms with Crippen molar-refractivity contribution in [1.82, 2.24) is 19.9 Å². The van der Waals surface area contributed by atoms with E-state index in [0.29, 0.717) is 6.54 Å². The van der Waals surface area contributed by atoms with Crippen LogP contribution in [0.1, 0.15) is 22.9 Å². The predicted molar refractivity (Wildman–Crippen MR) is 106 cm³/mol. The van der Waals surface area contributed by atoms with Gasteiger partial charge in [-0.3, -0.25) is 9.78 Å². The van der Waals surface area contributed by atoms with Crippen LogP contribution in [0.5, 0.6) is 5.88 Å². The van der Waals surface area contributed by atoms with Crippen molar-refractivity contribution in [3.05, 3.63) is 92.0 Å². The fraction of sp³-hybridized carbons (Fsp3) is 0.143. The molecule has 5 rings (SSSR count).